The quantitative estimate of drug-likeness (QED) is 0.927. The third kappa shape index (κ3) is 3.99. The minimum absolute atomic E-state index is 0.0743. The summed E-state index contributed by atoms with van der Waals surface area (Å²) in [5, 5.41) is 6.24. The number of ether oxygens (including phenoxy) is 2. The van der Waals surface area contributed by atoms with E-state index in [4.69, 9.17) is 4.74 Å². The van der Waals surface area contributed by atoms with Crippen molar-refractivity contribution in [3.63, 3.8) is 0 Å². The molecule has 0 radical (unpaired) electrons. The lowest BCUT2D eigenvalue weighted by atomic mass is 10.1. The first-order valence-electron chi connectivity index (χ1n) is 7.24. The summed E-state index contributed by atoms with van der Waals surface area (Å²) in [5.74, 6) is 0.404. The number of anilines is 1. The highest BCUT2D eigenvalue weighted by molar-refractivity contribution is 5.88. The zero-order valence-corrected chi connectivity index (χ0v) is 12.5. The van der Waals surface area contributed by atoms with Crippen LogP contribution >= 0.6 is 0 Å². The molecule has 3 rings (SSSR count). The van der Waals surface area contributed by atoms with E-state index in [2.05, 4.69) is 19.7 Å². The van der Waals surface area contributed by atoms with Gasteiger partial charge in [0.25, 0.3) is 0 Å². The number of alkyl halides is 2. The van der Waals surface area contributed by atoms with Crippen LogP contribution in [0.1, 0.15) is 11.7 Å². The molecular weight excluding hydrogens is 324 g/mol. The minimum atomic E-state index is -2.86. The van der Waals surface area contributed by atoms with Crippen LogP contribution in [0.4, 0.5) is 19.4 Å². The highest BCUT2D eigenvalue weighted by Crippen LogP contribution is 2.25. The van der Waals surface area contributed by atoms with E-state index in [1.165, 1.54) is 24.5 Å². The number of benzene rings is 1. The van der Waals surface area contributed by atoms with Crippen LogP contribution in [0.5, 0.6) is 5.75 Å². The van der Waals surface area contributed by atoms with E-state index in [1.807, 2.05) is 0 Å². The van der Waals surface area contributed by atoms with Crippen molar-refractivity contribution in [2.45, 2.75) is 12.7 Å². The standard InChI is InChI=1S/C15H15F2N3O4/c16-14(17)24-11-3-1-10(2-4-11)12-9-20(6-8-22-12)15(21)18-13-5-7-23-19-13/h1-5,7,12,14H,6,8-9H2,(H,18,19,21). The molecule has 2 amide bonds. The van der Waals surface area contributed by atoms with Gasteiger partial charge in [-0.05, 0) is 17.7 Å². The molecule has 1 saturated heterocycles. The fraction of sp³-hybridized carbons (Fsp3) is 0.333. The maximum Gasteiger partial charge on any atom is 0.387 e. The van der Waals surface area contributed by atoms with E-state index < -0.39 is 6.61 Å². The normalized spacial score (nSPS) is 17.8. The van der Waals surface area contributed by atoms with Crippen LogP contribution in [0.2, 0.25) is 0 Å². The highest BCUT2D eigenvalue weighted by atomic mass is 19.3. The van der Waals surface area contributed by atoms with Crippen molar-refractivity contribution in [3.8, 4) is 5.75 Å². The molecule has 0 aliphatic carbocycles. The Bertz CT molecular complexity index is 664. The zero-order valence-electron chi connectivity index (χ0n) is 12.5. The first-order valence-corrected chi connectivity index (χ1v) is 7.24. The van der Waals surface area contributed by atoms with Crippen molar-refractivity contribution < 1.29 is 27.6 Å². The maximum atomic E-state index is 12.2. The molecule has 2 heterocycles. The topological polar surface area (TPSA) is 76.8 Å². The second-order valence-corrected chi connectivity index (χ2v) is 5.07. The Labute approximate surface area is 136 Å². The molecule has 1 aliphatic rings. The van der Waals surface area contributed by atoms with Gasteiger partial charge in [-0.1, -0.05) is 17.3 Å². The predicted octanol–water partition coefficient (Wildman–Crippen LogP) is 2.88. The number of aromatic nitrogens is 1. The van der Waals surface area contributed by atoms with Gasteiger partial charge in [-0.3, -0.25) is 5.32 Å². The molecule has 24 heavy (non-hydrogen) atoms. The Morgan fingerprint density at radius 1 is 1.33 bits per heavy atom. The molecule has 7 nitrogen and oxygen atoms in total. The van der Waals surface area contributed by atoms with Gasteiger partial charge in [-0.15, -0.1) is 0 Å². The maximum absolute atomic E-state index is 12.2. The number of hydrogen-bond donors (Lipinski definition) is 1. The van der Waals surface area contributed by atoms with E-state index in [0.717, 1.165) is 5.56 Å². The van der Waals surface area contributed by atoms with Gasteiger partial charge in [-0.25, -0.2) is 4.79 Å². The number of hydrogen-bond acceptors (Lipinski definition) is 5. The lowest BCUT2D eigenvalue weighted by Gasteiger charge is -2.33. The molecule has 1 aromatic heterocycles. The zero-order chi connectivity index (χ0) is 16.9. The van der Waals surface area contributed by atoms with Gasteiger partial charge in [0.1, 0.15) is 18.1 Å². The molecule has 1 aromatic carbocycles. The molecule has 1 unspecified atom stereocenters. The minimum Gasteiger partial charge on any atom is -0.435 e. The number of carbonyl (C=O) groups excluding carboxylic acids is 1. The number of carbonyl (C=O) groups is 1. The third-order valence-corrected chi connectivity index (χ3v) is 3.50. The fourth-order valence-corrected chi connectivity index (χ4v) is 2.36. The van der Waals surface area contributed by atoms with Crippen LogP contribution < -0.4 is 10.1 Å². The van der Waals surface area contributed by atoms with Gasteiger partial charge in [0, 0.05) is 12.6 Å². The second kappa shape index (κ2) is 7.26. The molecule has 0 bridgehead atoms. The summed E-state index contributed by atoms with van der Waals surface area (Å²) in [6, 6.07) is 7.40. The van der Waals surface area contributed by atoms with Crippen molar-refractivity contribution >= 4 is 11.8 Å². The Balaban J connectivity index is 1.61. The Morgan fingerprint density at radius 2 is 2.12 bits per heavy atom. The molecule has 1 aliphatic heterocycles. The molecule has 0 spiro atoms. The first kappa shape index (κ1) is 16.2. The summed E-state index contributed by atoms with van der Waals surface area (Å²) in [7, 11) is 0. The molecule has 128 valence electrons. The van der Waals surface area contributed by atoms with Gasteiger partial charge in [-0.2, -0.15) is 8.78 Å². The average molecular weight is 339 g/mol. The van der Waals surface area contributed by atoms with Crippen molar-refractivity contribution in [1.82, 2.24) is 10.1 Å². The molecule has 9 heteroatoms. The number of morpholine rings is 1. The lowest BCUT2D eigenvalue weighted by molar-refractivity contribution is -0.0499. The van der Waals surface area contributed by atoms with Crippen molar-refractivity contribution in [2.75, 3.05) is 25.0 Å². The van der Waals surface area contributed by atoms with Crippen molar-refractivity contribution in [3.05, 3.63) is 42.2 Å². The van der Waals surface area contributed by atoms with E-state index in [1.54, 1.807) is 17.0 Å². The predicted molar refractivity (Wildman–Crippen MR) is 78.9 cm³/mol. The van der Waals surface area contributed by atoms with E-state index in [0.29, 0.717) is 25.5 Å². The van der Waals surface area contributed by atoms with E-state index in [-0.39, 0.29) is 17.9 Å². The molecule has 1 N–H and O–H groups in total. The number of halogens is 2. The Morgan fingerprint density at radius 3 is 2.79 bits per heavy atom. The highest BCUT2D eigenvalue weighted by Gasteiger charge is 2.26. The Hall–Kier alpha value is -2.68. The summed E-state index contributed by atoms with van der Waals surface area (Å²) in [5.41, 5.74) is 0.774. The molecule has 1 fully saturated rings. The fourth-order valence-electron chi connectivity index (χ4n) is 2.36. The van der Waals surface area contributed by atoms with Crippen molar-refractivity contribution in [1.29, 1.82) is 0 Å². The molecule has 1 atom stereocenters. The summed E-state index contributed by atoms with van der Waals surface area (Å²) in [4.78, 5) is 13.8. The van der Waals surface area contributed by atoms with Gasteiger partial charge in [0.15, 0.2) is 5.82 Å². The summed E-state index contributed by atoms with van der Waals surface area (Å²) in [6.07, 6.45) is 1.02. The summed E-state index contributed by atoms with van der Waals surface area (Å²) in [6.45, 7) is -1.73. The average Bonchev–Trinajstić information content (AvgIpc) is 3.08. The van der Waals surface area contributed by atoms with Crippen molar-refractivity contribution in [2.24, 2.45) is 0 Å². The molecule has 0 saturated carbocycles. The first-order chi connectivity index (χ1) is 11.6. The second-order valence-electron chi connectivity index (χ2n) is 5.07. The lowest BCUT2D eigenvalue weighted by Crippen LogP contribution is -2.44. The van der Waals surface area contributed by atoms with Crippen LogP contribution in [-0.2, 0) is 4.74 Å². The van der Waals surface area contributed by atoms with Gasteiger partial charge < -0.3 is 18.9 Å². The monoisotopic (exact) mass is 339 g/mol. The van der Waals surface area contributed by atoms with Crippen LogP contribution in [-0.4, -0.2) is 42.4 Å². The van der Waals surface area contributed by atoms with E-state index >= 15 is 0 Å². The van der Waals surface area contributed by atoms with Crippen LogP contribution in [0.3, 0.4) is 0 Å². The van der Waals surface area contributed by atoms with Gasteiger partial charge in [0.05, 0.1) is 13.2 Å². The number of amides is 2. The van der Waals surface area contributed by atoms with Crippen LogP contribution in [0.25, 0.3) is 0 Å². The third-order valence-electron chi connectivity index (χ3n) is 3.50. The Kier molecular flexibility index (Phi) is 4.90. The van der Waals surface area contributed by atoms with E-state index in [9.17, 15) is 13.6 Å². The summed E-state index contributed by atoms with van der Waals surface area (Å²) >= 11 is 0. The van der Waals surface area contributed by atoms with Gasteiger partial charge >= 0.3 is 12.6 Å². The van der Waals surface area contributed by atoms with Crippen LogP contribution in [0.15, 0.2) is 41.1 Å². The summed E-state index contributed by atoms with van der Waals surface area (Å²) < 4.78 is 38.9. The smallest absolute Gasteiger partial charge is 0.387 e. The van der Waals surface area contributed by atoms with Gasteiger partial charge in [0.2, 0.25) is 0 Å². The number of nitrogens with zero attached hydrogens (tertiary/aromatic N) is 2. The largest absolute Gasteiger partial charge is 0.435 e. The number of rotatable bonds is 4. The SMILES string of the molecule is O=C(Nc1ccon1)N1CCOC(c2ccc(OC(F)F)cc2)C1. The van der Waals surface area contributed by atoms with Crippen LogP contribution in [0, 0.1) is 0 Å². The molecular formula is C15H15F2N3O4. The number of nitrogens with one attached hydrogen (secondary N) is 1. The number of urea groups is 1. The molecule has 2 aromatic rings.